The first-order valence-electron chi connectivity index (χ1n) is 6.61. The number of nitrogens with one attached hydrogen (secondary N) is 1. The molecule has 1 fully saturated rings. The highest BCUT2D eigenvalue weighted by Gasteiger charge is 2.25. The summed E-state index contributed by atoms with van der Waals surface area (Å²) in [5, 5.41) is -0.515. The molecule has 1 saturated carbocycles. The molecule has 1 aromatic rings. The van der Waals surface area contributed by atoms with E-state index in [-0.39, 0.29) is 0 Å². The Morgan fingerprint density at radius 3 is 2.84 bits per heavy atom. The molecule has 0 aliphatic heterocycles. The Balaban J connectivity index is 2.04. The van der Waals surface area contributed by atoms with Crippen LogP contribution >= 0.6 is 0 Å². The van der Waals surface area contributed by atoms with Gasteiger partial charge in [-0.15, -0.1) is 0 Å². The zero-order chi connectivity index (χ0) is 13.9. The Kier molecular flexibility index (Phi) is 4.52. The SMILES string of the molecule is CC1CCCCC1CNS(=O)(=O)c1ncccc1F. The summed E-state index contributed by atoms with van der Waals surface area (Å²) in [7, 11) is -3.85. The summed E-state index contributed by atoms with van der Waals surface area (Å²) in [5.41, 5.74) is 0. The van der Waals surface area contributed by atoms with E-state index in [1.165, 1.54) is 18.7 Å². The molecule has 2 atom stereocenters. The topological polar surface area (TPSA) is 59.1 Å². The van der Waals surface area contributed by atoms with Gasteiger partial charge in [0.25, 0.3) is 10.0 Å². The smallest absolute Gasteiger partial charge is 0.241 e. The average Bonchev–Trinajstić information content (AvgIpc) is 2.38. The molecule has 0 aromatic carbocycles. The second kappa shape index (κ2) is 5.96. The van der Waals surface area contributed by atoms with E-state index in [2.05, 4.69) is 16.6 Å². The predicted molar refractivity (Wildman–Crippen MR) is 70.5 cm³/mol. The Hall–Kier alpha value is -1.01. The maximum Gasteiger partial charge on any atom is 0.261 e. The molecule has 1 aliphatic carbocycles. The Labute approximate surface area is 113 Å². The van der Waals surface area contributed by atoms with Crippen molar-refractivity contribution in [2.45, 2.75) is 37.6 Å². The first kappa shape index (κ1) is 14.4. The Morgan fingerprint density at radius 1 is 1.42 bits per heavy atom. The van der Waals surface area contributed by atoms with E-state index in [1.54, 1.807) is 0 Å². The van der Waals surface area contributed by atoms with Crippen molar-refractivity contribution in [3.63, 3.8) is 0 Å². The first-order chi connectivity index (χ1) is 9.00. The van der Waals surface area contributed by atoms with Crippen molar-refractivity contribution < 1.29 is 12.8 Å². The lowest BCUT2D eigenvalue weighted by Gasteiger charge is -2.28. The molecule has 1 N–H and O–H groups in total. The van der Waals surface area contributed by atoms with E-state index in [9.17, 15) is 12.8 Å². The predicted octanol–water partition coefficient (Wildman–Crippen LogP) is 2.33. The molecular formula is C13H19FN2O2S. The highest BCUT2D eigenvalue weighted by atomic mass is 32.2. The number of pyridine rings is 1. The van der Waals surface area contributed by atoms with Gasteiger partial charge in [0.15, 0.2) is 5.82 Å². The molecular weight excluding hydrogens is 267 g/mol. The first-order valence-corrected chi connectivity index (χ1v) is 8.09. The van der Waals surface area contributed by atoms with Gasteiger partial charge in [-0.25, -0.2) is 22.5 Å². The second-order valence-electron chi connectivity index (χ2n) is 5.16. The van der Waals surface area contributed by atoms with Crippen molar-refractivity contribution in [1.29, 1.82) is 0 Å². The van der Waals surface area contributed by atoms with Crippen molar-refractivity contribution >= 4 is 10.0 Å². The highest BCUT2D eigenvalue weighted by Crippen LogP contribution is 2.29. The molecule has 1 heterocycles. The molecule has 6 heteroatoms. The summed E-state index contributed by atoms with van der Waals surface area (Å²) < 4.78 is 39.9. The molecule has 0 amide bonds. The summed E-state index contributed by atoms with van der Waals surface area (Å²) in [6.07, 6.45) is 5.77. The molecule has 0 bridgehead atoms. The van der Waals surface area contributed by atoms with Gasteiger partial charge in [0.1, 0.15) is 0 Å². The van der Waals surface area contributed by atoms with E-state index in [0.29, 0.717) is 18.4 Å². The summed E-state index contributed by atoms with van der Waals surface area (Å²) >= 11 is 0. The molecule has 2 rings (SSSR count). The van der Waals surface area contributed by atoms with Crippen LogP contribution in [0.2, 0.25) is 0 Å². The Bertz CT molecular complexity index is 533. The van der Waals surface area contributed by atoms with E-state index in [4.69, 9.17) is 0 Å². The van der Waals surface area contributed by atoms with Crippen LogP contribution in [0.3, 0.4) is 0 Å². The standard InChI is InChI=1S/C13H19FN2O2S/c1-10-5-2-3-6-11(10)9-16-19(17,18)13-12(14)7-4-8-15-13/h4,7-8,10-11,16H,2-3,5-6,9H2,1H3. The highest BCUT2D eigenvalue weighted by molar-refractivity contribution is 7.89. The third-order valence-corrected chi connectivity index (χ3v) is 5.16. The fourth-order valence-electron chi connectivity index (χ4n) is 2.55. The fourth-order valence-corrected chi connectivity index (χ4v) is 3.64. The average molecular weight is 286 g/mol. The van der Waals surface area contributed by atoms with Crippen LogP contribution in [0.15, 0.2) is 23.4 Å². The van der Waals surface area contributed by atoms with Gasteiger partial charge < -0.3 is 0 Å². The van der Waals surface area contributed by atoms with Gasteiger partial charge >= 0.3 is 0 Å². The quantitative estimate of drug-likeness (QED) is 0.924. The molecule has 106 valence electrons. The summed E-state index contributed by atoms with van der Waals surface area (Å²) in [5.74, 6) is 0.0204. The van der Waals surface area contributed by atoms with E-state index in [0.717, 1.165) is 25.3 Å². The summed E-state index contributed by atoms with van der Waals surface area (Å²) in [4.78, 5) is 3.61. The number of sulfonamides is 1. The zero-order valence-electron chi connectivity index (χ0n) is 11.0. The minimum atomic E-state index is -3.85. The van der Waals surface area contributed by atoms with Gasteiger partial charge in [-0.05, 0) is 30.4 Å². The lowest BCUT2D eigenvalue weighted by molar-refractivity contribution is 0.257. The number of halogens is 1. The van der Waals surface area contributed by atoms with Crippen LogP contribution in [-0.4, -0.2) is 19.9 Å². The summed E-state index contributed by atoms with van der Waals surface area (Å²) in [6.45, 7) is 2.50. The van der Waals surface area contributed by atoms with Crippen LogP contribution in [0, 0.1) is 17.7 Å². The van der Waals surface area contributed by atoms with E-state index < -0.39 is 20.9 Å². The van der Waals surface area contributed by atoms with Gasteiger partial charge in [-0.1, -0.05) is 26.2 Å². The molecule has 19 heavy (non-hydrogen) atoms. The molecule has 0 spiro atoms. The Morgan fingerprint density at radius 2 is 2.16 bits per heavy atom. The molecule has 1 aliphatic rings. The van der Waals surface area contributed by atoms with Gasteiger partial charge in [0.05, 0.1) is 0 Å². The van der Waals surface area contributed by atoms with Crippen molar-refractivity contribution in [3.05, 3.63) is 24.1 Å². The van der Waals surface area contributed by atoms with Gasteiger partial charge in [-0.3, -0.25) is 0 Å². The number of hydrogen-bond donors (Lipinski definition) is 1. The van der Waals surface area contributed by atoms with Crippen molar-refractivity contribution in [2.24, 2.45) is 11.8 Å². The maximum atomic E-state index is 13.4. The third-order valence-electron chi connectivity index (χ3n) is 3.80. The number of rotatable bonds is 4. The zero-order valence-corrected chi connectivity index (χ0v) is 11.8. The number of nitrogens with zero attached hydrogens (tertiary/aromatic N) is 1. The van der Waals surface area contributed by atoms with Crippen LogP contribution in [0.1, 0.15) is 32.6 Å². The van der Waals surface area contributed by atoms with Crippen LogP contribution in [0.4, 0.5) is 4.39 Å². The van der Waals surface area contributed by atoms with Crippen LogP contribution in [-0.2, 0) is 10.0 Å². The van der Waals surface area contributed by atoms with Gasteiger partial charge in [-0.2, -0.15) is 0 Å². The van der Waals surface area contributed by atoms with Crippen LogP contribution < -0.4 is 4.72 Å². The minimum absolute atomic E-state index is 0.329. The lowest BCUT2D eigenvalue weighted by atomic mass is 9.81. The number of aromatic nitrogens is 1. The maximum absolute atomic E-state index is 13.4. The van der Waals surface area contributed by atoms with E-state index >= 15 is 0 Å². The van der Waals surface area contributed by atoms with E-state index in [1.807, 2.05) is 0 Å². The van der Waals surface area contributed by atoms with Crippen molar-refractivity contribution in [2.75, 3.05) is 6.54 Å². The molecule has 1 aromatic heterocycles. The van der Waals surface area contributed by atoms with Crippen molar-refractivity contribution in [1.82, 2.24) is 9.71 Å². The number of hydrogen-bond acceptors (Lipinski definition) is 3. The molecule has 0 saturated heterocycles. The second-order valence-corrected chi connectivity index (χ2v) is 6.85. The van der Waals surface area contributed by atoms with Crippen LogP contribution in [0.25, 0.3) is 0 Å². The molecule has 0 radical (unpaired) electrons. The van der Waals surface area contributed by atoms with Gasteiger partial charge in [0, 0.05) is 12.7 Å². The summed E-state index contributed by atoms with van der Waals surface area (Å²) in [6, 6.07) is 2.47. The monoisotopic (exact) mass is 286 g/mol. The largest absolute Gasteiger partial charge is 0.261 e. The fraction of sp³-hybridized carbons (Fsp3) is 0.615. The molecule has 4 nitrogen and oxygen atoms in total. The normalized spacial score (nSPS) is 24.3. The molecule has 2 unspecified atom stereocenters. The van der Waals surface area contributed by atoms with Crippen LogP contribution in [0.5, 0.6) is 0 Å². The third kappa shape index (κ3) is 3.51. The van der Waals surface area contributed by atoms with Gasteiger partial charge in [0.2, 0.25) is 5.03 Å². The minimum Gasteiger partial charge on any atom is -0.241 e. The lowest BCUT2D eigenvalue weighted by Crippen LogP contribution is -2.34. The van der Waals surface area contributed by atoms with Crippen molar-refractivity contribution in [3.8, 4) is 0 Å².